The van der Waals surface area contributed by atoms with E-state index in [1.165, 1.54) is 36.2 Å². The summed E-state index contributed by atoms with van der Waals surface area (Å²) in [7, 11) is 0. The summed E-state index contributed by atoms with van der Waals surface area (Å²) in [4.78, 5) is 0. The average molecular weight is 1130 g/mol. The van der Waals surface area contributed by atoms with Crippen molar-refractivity contribution in [3.63, 3.8) is 0 Å². The Hall–Kier alpha value is -1.80. The molecule has 0 aliphatic carbocycles. The van der Waals surface area contributed by atoms with E-state index in [2.05, 4.69) is 184 Å². The maximum absolute atomic E-state index is 2.43. The van der Waals surface area contributed by atoms with Gasteiger partial charge in [0.15, 0.2) is 0 Å². The van der Waals surface area contributed by atoms with Crippen molar-refractivity contribution in [3.8, 4) is 0 Å². The van der Waals surface area contributed by atoms with Crippen molar-refractivity contribution in [1.29, 1.82) is 0 Å². The predicted octanol–water partition coefficient (Wildman–Crippen LogP) is 0.233. The zero-order valence-electron chi connectivity index (χ0n) is 27.6. The van der Waals surface area contributed by atoms with Crippen LogP contribution in [-0.2, 0) is 0 Å². The van der Waals surface area contributed by atoms with E-state index in [-0.39, 0.29) is 59.8 Å². The summed E-state index contributed by atoms with van der Waals surface area (Å²) >= 11 is -0.545. The maximum atomic E-state index is 2.43. The molecule has 0 bridgehead atoms. The van der Waals surface area contributed by atoms with Gasteiger partial charge < -0.3 is 0 Å². The van der Waals surface area contributed by atoms with Gasteiger partial charge in [0, 0.05) is 0 Å². The van der Waals surface area contributed by atoms with Crippen LogP contribution in [0, 0.1) is 13.8 Å². The SMILES string of the molecule is Cc1ccc([Te]c2c([Se]c3ccccc3)c([Se]c3ccccc3)c([Te]c3ccc(C)cc3)c([Se]c3ccccc3)c2[Se]c2ccccc2)cc1. The van der Waals surface area contributed by atoms with Crippen molar-refractivity contribution in [2.45, 2.75) is 13.8 Å². The van der Waals surface area contributed by atoms with Gasteiger partial charge in [0.2, 0.25) is 0 Å². The molecule has 0 aliphatic heterocycles. The third kappa shape index (κ3) is 9.79. The van der Waals surface area contributed by atoms with Crippen molar-refractivity contribution in [2.75, 3.05) is 0 Å². The Labute approximate surface area is 342 Å². The monoisotopic (exact) mass is 1140 g/mol. The molecule has 6 heteroatoms. The van der Waals surface area contributed by atoms with Crippen molar-refractivity contribution in [1.82, 2.24) is 0 Å². The van der Waals surface area contributed by atoms with Crippen LogP contribution in [0.5, 0.6) is 0 Å². The summed E-state index contributed by atoms with van der Waals surface area (Å²) < 4.78 is 19.2. The molecule has 0 saturated heterocycles. The van der Waals surface area contributed by atoms with Crippen LogP contribution in [-0.4, -0.2) is 102 Å². The molecular formula is C44H34Se4Te2. The van der Waals surface area contributed by atoms with E-state index >= 15 is 0 Å². The van der Waals surface area contributed by atoms with Crippen molar-refractivity contribution in [3.05, 3.63) is 181 Å². The molecule has 0 heterocycles. The number of rotatable bonds is 12. The Kier molecular flexibility index (Phi) is 13.4. The number of benzene rings is 7. The van der Waals surface area contributed by atoms with Gasteiger partial charge in [0.1, 0.15) is 0 Å². The Bertz CT molecular complexity index is 1870. The molecule has 0 atom stereocenters. The second-order valence-corrected chi connectivity index (χ2v) is 26.7. The molecule has 50 heavy (non-hydrogen) atoms. The van der Waals surface area contributed by atoms with E-state index in [1.54, 1.807) is 25.1 Å². The quantitative estimate of drug-likeness (QED) is 0.154. The summed E-state index contributed by atoms with van der Waals surface area (Å²) in [6, 6.07) is 64.5. The Morgan fingerprint density at radius 3 is 0.780 bits per heavy atom. The fourth-order valence-electron chi connectivity index (χ4n) is 5.05. The van der Waals surface area contributed by atoms with Gasteiger partial charge >= 0.3 is 347 Å². The fourth-order valence-corrected chi connectivity index (χ4v) is 27.0. The van der Waals surface area contributed by atoms with Gasteiger partial charge in [0.05, 0.1) is 0 Å². The van der Waals surface area contributed by atoms with Crippen LogP contribution in [0.1, 0.15) is 11.1 Å². The Balaban J connectivity index is 1.56. The second-order valence-electron chi connectivity index (χ2n) is 11.5. The van der Waals surface area contributed by atoms with Crippen LogP contribution in [0.3, 0.4) is 0 Å². The van der Waals surface area contributed by atoms with Crippen LogP contribution >= 0.6 is 0 Å². The molecule has 7 aromatic carbocycles. The van der Waals surface area contributed by atoms with Gasteiger partial charge in [-0.2, -0.15) is 0 Å². The van der Waals surface area contributed by atoms with Crippen LogP contribution in [0.15, 0.2) is 170 Å². The molecule has 246 valence electrons. The van der Waals surface area contributed by atoms with Crippen LogP contribution < -0.4 is 50.1 Å². The third-order valence-electron chi connectivity index (χ3n) is 7.57. The van der Waals surface area contributed by atoms with Gasteiger partial charge in [-0.05, 0) is 0 Å². The predicted molar refractivity (Wildman–Crippen MR) is 225 cm³/mol. The molecule has 0 unspecified atom stereocenters. The molecule has 0 nitrogen and oxygen atoms in total. The number of aryl methyl sites for hydroxylation is 2. The number of hydrogen-bond donors (Lipinski definition) is 0. The average Bonchev–Trinajstić information content (AvgIpc) is 3.16. The molecule has 0 aliphatic rings. The fraction of sp³-hybridized carbons (Fsp3) is 0.0455. The minimum absolute atomic E-state index is 0.201. The normalized spacial score (nSPS) is 11.1. The summed E-state index contributed by atoms with van der Waals surface area (Å²) in [6.45, 7) is 4.42. The molecule has 7 aromatic rings. The second kappa shape index (κ2) is 18.3. The molecule has 0 fully saturated rings. The third-order valence-corrected chi connectivity index (χ3v) is 28.3. The molecule has 0 amide bonds. The van der Waals surface area contributed by atoms with E-state index in [0.717, 1.165) is 0 Å². The zero-order chi connectivity index (χ0) is 34.1. The van der Waals surface area contributed by atoms with Gasteiger partial charge in [-0.1, -0.05) is 0 Å². The van der Waals surface area contributed by atoms with Crippen molar-refractivity contribution < 1.29 is 0 Å². The molecule has 7 rings (SSSR count). The Morgan fingerprint density at radius 1 is 0.300 bits per heavy atom. The van der Waals surface area contributed by atoms with Crippen LogP contribution in [0.25, 0.3) is 0 Å². The first kappa shape index (κ1) is 36.6. The van der Waals surface area contributed by atoms with E-state index in [0.29, 0.717) is 0 Å². The summed E-state index contributed by atoms with van der Waals surface area (Å²) in [6.07, 6.45) is 0. The molecular weight excluding hydrogens is 1100 g/mol. The van der Waals surface area contributed by atoms with Gasteiger partial charge in [0.25, 0.3) is 0 Å². The van der Waals surface area contributed by atoms with E-state index in [1.807, 2.05) is 0 Å². The summed E-state index contributed by atoms with van der Waals surface area (Å²) in [5.41, 5.74) is 2.67. The molecule has 0 aromatic heterocycles. The van der Waals surface area contributed by atoms with Gasteiger partial charge in [-0.3, -0.25) is 0 Å². The van der Waals surface area contributed by atoms with Crippen LogP contribution in [0.2, 0.25) is 0 Å². The van der Waals surface area contributed by atoms with Gasteiger partial charge in [-0.25, -0.2) is 0 Å². The molecule has 0 radical (unpaired) electrons. The summed E-state index contributed by atoms with van der Waals surface area (Å²) in [5.74, 6) is 0. The minimum atomic E-state index is -0.675. The standard InChI is InChI=1S/C44H34Se4Te2/c1-31-23-27-37(28-24-31)49-43-39(45-33-15-7-3-8-16-33)41(47-35-19-11-5-12-20-35)44(50-38-29-25-32(2)26-30-38)42(48-36-21-13-6-14-22-36)40(43)46-34-17-9-4-10-18-34/h3-30H,1-2H3. The first-order valence-electron chi connectivity index (χ1n) is 16.2. The van der Waals surface area contributed by atoms with Crippen molar-refractivity contribution in [2.24, 2.45) is 0 Å². The Morgan fingerprint density at radius 2 is 0.540 bits per heavy atom. The van der Waals surface area contributed by atoms with E-state index < -0.39 is 41.8 Å². The number of hydrogen-bond acceptors (Lipinski definition) is 0. The van der Waals surface area contributed by atoms with Gasteiger partial charge in [-0.15, -0.1) is 0 Å². The van der Waals surface area contributed by atoms with E-state index in [4.69, 9.17) is 0 Å². The zero-order valence-corrected chi connectivity index (χ0v) is 39.1. The van der Waals surface area contributed by atoms with Crippen LogP contribution in [0.4, 0.5) is 0 Å². The first-order chi connectivity index (χ1) is 24.6. The topological polar surface area (TPSA) is 0 Å². The first-order valence-corrected chi connectivity index (χ1v) is 27.7. The molecule has 0 spiro atoms. The summed E-state index contributed by atoms with van der Waals surface area (Å²) in [5, 5.41) is 0. The molecule has 0 N–H and O–H groups in total. The molecule has 0 saturated carbocycles. The van der Waals surface area contributed by atoms with Crippen molar-refractivity contribution >= 4 is 152 Å². The van der Waals surface area contributed by atoms with E-state index in [9.17, 15) is 0 Å².